The van der Waals surface area contributed by atoms with Crippen molar-refractivity contribution in [3.63, 3.8) is 0 Å². The molecule has 0 radical (unpaired) electrons. The van der Waals surface area contributed by atoms with Crippen molar-refractivity contribution in [3.05, 3.63) is 33.8 Å². The highest BCUT2D eigenvalue weighted by Gasteiger charge is 2.00. The minimum absolute atomic E-state index is 0.742. The van der Waals surface area contributed by atoms with Crippen LogP contribution in [0.15, 0.2) is 18.2 Å². The van der Waals surface area contributed by atoms with Gasteiger partial charge in [-0.25, -0.2) is 0 Å². The van der Waals surface area contributed by atoms with Crippen molar-refractivity contribution in [2.75, 3.05) is 18.6 Å². The van der Waals surface area contributed by atoms with Crippen molar-refractivity contribution in [2.24, 2.45) is 0 Å². The van der Waals surface area contributed by atoms with E-state index in [0.29, 0.717) is 0 Å². The fourth-order valence-corrected chi connectivity index (χ4v) is 2.45. The van der Waals surface area contributed by atoms with Gasteiger partial charge >= 0.3 is 0 Å². The topological polar surface area (TPSA) is 12.0 Å². The summed E-state index contributed by atoms with van der Waals surface area (Å²) >= 11 is 13.9. The number of hydrogen-bond donors (Lipinski definition) is 1. The lowest BCUT2D eigenvalue weighted by Crippen LogP contribution is -2.15. The smallest absolute Gasteiger partial charge is 0.0451 e. The van der Waals surface area contributed by atoms with Gasteiger partial charge in [0, 0.05) is 16.6 Å². The molecule has 0 unspecified atom stereocenters. The van der Waals surface area contributed by atoms with Crippen LogP contribution in [0.5, 0.6) is 0 Å². The summed E-state index contributed by atoms with van der Waals surface area (Å²) < 4.78 is 0. The zero-order chi connectivity index (χ0) is 12.5. The normalized spacial score (nSPS) is 10.8. The van der Waals surface area contributed by atoms with Gasteiger partial charge in [0.05, 0.1) is 0 Å². The Morgan fingerprint density at radius 2 is 2.00 bits per heavy atom. The molecule has 1 aromatic rings. The molecular formula is C13H19Cl2NS. The monoisotopic (exact) mass is 291 g/mol. The molecule has 96 valence electrons. The Balaban J connectivity index is 2.15. The third-order valence-electron chi connectivity index (χ3n) is 2.53. The summed E-state index contributed by atoms with van der Waals surface area (Å²) in [5.41, 5.74) is 1.07. The van der Waals surface area contributed by atoms with Gasteiger partial charge in [-0.1, -0.05) is 29.6 Å². The lowest BCUT2D eigenvalue weighted by molar-refractivity contribution is 0.619. The van der Waals surface area contributed by atoms with Gasteiger partial charge in [-0.3, -0.25) is 0 Å². The molecule has 0 heterocycles. The van der Waals surface area contributed by atoms with E-state index in [2.05, 4.69) is 11.6 Å². The van der Waals surface area contributed by atoms with Gasteiger partial charge in [-0.15, -0.1) is 0 Å². The summed E-state index contributed by atoms with van der Waals surface area (Å²) in [4.78, 5) is 0. The number of unbranched alkanes of at least 4 members (excludes halogenated alkanes) is 2. The van der Waals surface area contributed by atoms with Gasteiger partial charge in [0.25, 0.3) is 0 Å². The lowest BCUT2D eigenvalue weighted by Gasteiger charge is -2.07. The summed E-state index contributed by atoms with van der Waals surface area (Å²) in [7, 11) is 0. The summed E-state index contributed by atoms with van der Waals surface area (Å²) in [6.45, 7) is 1.83. The fourth-order valence-electron chi connectivity index (χ4n) is 1.58. The minimum atomic E-state index is 0.742. The number of nitrogens with one attached hydrogen (secondary N) is 1. The van der Waals surface area contributed by atoms with Gasteiger partial charge in [-0.05, 0) is 55.2 Å². The van der Waals surface area contributed by atoms with Gasteiger partial charge in [0.15, 0.2) is 0 Å². The summed E-state index contributed by atoms with van der Waals surface area (Å²) in [5, 5.41) is 4.92. The predicted octanol–water partition coefficient (Wildman–Crippen LogP) is 4.62. The molecule has 0 atom stereocenters. The number of benzene rings is 1. The molecule has 0 aliphatic rings. The van der Waals surface area contributed by atoms with Crippen molar-refractivity contribution < 1.29 is 0 Å². The molecule has 1 rings (SSSR count). The first-order valence-corrected chi connectivity index (χ1v) is 8.02. The van der Waals surface area contributed by atoms with E-state index in [1.165, 1.54) is 25.0 Å². The zero-order valence-electron chi connectivity index (χ0n) is 10.1. The van der Waals surface area contributed by atoms with E-state index in [1.807, 2.05) is 30.0 Å². The number of thioether (sulfide) groups is 1. The Morgan fingerprint density at radius 1 is 1.18 bits per heavy atom. The van der Waals surface area contributed by atoms with Gasteiger partial charge < -0.3 is 5.32 Å². The van der Waals surface area contributed by atoms with E-state index in [4.69, 9.17) is 23.2 Å². The van der Waals surface area contributed by atoms with Crippen molar-refractivity contribution in [1.82, 2.24) is 5.32 Å². The quantitative estimate of drug-likeness (QED) is 0.702. The zero-order valence-corrected chi connectivity index (χ0v) is 12.5. The first-order chi connectivity index (χ1) is 8.24. The molecule has 0 aliphatic heterocycles. The van der Waals surface area contributed by atoms with Gasteiger partial charge in [0.2, 0.25) is 0 Å². The SMILES string of the molecule is CSCCCCCNCc1cc(Cl)ccc1Cl. The van der Waals surface area contributed by atoms with Crippen LogP contribution in [0.2, 0.25) is 10.0 Å². The summed E-state index contributed by atoms with van der Waals surface area (Å²) in [5.74, 6) is 1.26. The van der Waals surface area contributed by atoms with Crippen LogP contribution in [0.25, 0.3) is 0 Å². The van der Waals surface area contributed by atoms with Crippen LogP contribution in [0.1, 0.15) is 24.8 Å². The van der Waals surface area contributed by atoms with Gasteiger partial charge in [-0.2, -0.15) is 11.8 Å². The molecule has 0 bridgehead atoms. The van der Waals surface area contributed by atoms with Crippen LogP contribution in [-0.4, -0.2) is 18.6 Å². The van der Waals surface area contributed by atoms with E-state index < -0.39 is 0 Å². The standard InChI is InChI=1S/C13H19Cl2NS/c1-17-8-4-2-3-7-16-10-11-9-12(14)5-6-13(11)15/h5-6,9,16H,2-4,7-8,10H2,1H3. The van der Waals surface area contributed by atoms with Crippen LogP contribution in [0.4, 0.5) is 0 Å². The molecule has 1 aromatic carbocycles. The second-order valence-corrected chi connectivity index (χ2v) is 5.80. The average Bonchev–Trinajstić information content (AvgIpc) is 2.32. The number of halogens is 2. The minimum Gasteiger partial charge on any atom is -0.313 e. The molecule has 4 heteroatoms. The molecule has 0 saturated carbocycles. The average molecular weight is 292 g/mol. The highest BCUT2D eigenvalue weighted by Crippen LogP contribution is 2.20. The Morgan fingerprint density at radius 3 is 2.76 bits per heavy atom. The Kier molecular flexibility index (Phi) is 8.12. The Hall–Kier alpha value is 0.110. The van der Waals surface area contributed by atoms with Crippen LogP contribution >= 0.6 is 35.0 Å². The van der Waals surface area contributed by atoms with E-state index >= 15 is 0 Å². The maximum atomic E-state index is 6.08. The molecule has 0 saturated heterocycles. The Labute approximate surface area is 118 Å². The molecule has 1 nitrogen and oxygen atoms in total. The largest absolute Gasteiger partial charge is 0.313 e. The molecule has 0 fully saturated rings. The predicted molar refractivity (Wildman–Crippen MR) is 80.4 cm³/mol. The maximum Gasteiger partial charge on any atom is 0.0451 e. The van der Waals surface area contributed by atoms with Gasteiger partial charge in [0.1, 0.15) is 0 Å². The van der Waals surface area contributed by atoms with Crippen molar-refractivity contribution in [1.29, 1.82) is 0 Å². The molecular weight excluding hydrogens is 273 g/mol. The van der Waals surface area contributed by atoms with E-state index in [1.54, 1.807) is 0 Å². The molecule has 0 aliphatic carbocycles. The van der Waals surface area contributed by atoms with Crippen LogP contribution in [-0.2, 0) is 6.54 Å². The van der Waals surface area contributed by atoms with E-state index in [9.17, 15) is 0 Å². The first-order valence-electron chi connectivity index (χ1n) is 5.87. The highest BCUT2D eigenvalue weighted by atomic mass is 35.5. The second kappa shape index (κ2) is 9.09. The fraction of sp³-hybridized carbons (Fsp3) is 0.538. The Bertz CT molecular complexity index is 331. The van der Waals surface area contributed by atoms with Crippen molar-refractivity contribution in [3.8, 4) is 0 Å². The highest BCUT2D eigenvalue weighted by molar-refractivity contribution is 7.98. The third kappa shape index (κ3) is 6.56. The second-order valence-electron chi connectivity index (χ2n) is 3.97. The number of hydrogen-bond acceptors (Lipinski definition) is 2. The molecule has 0 aromatic heterocycles. The number of rotatable bonds is 8. The first kappa shape index (κ1) is 15.2. The van der Waals surface area contributed by atoms with Crippen molar-refractivity contribution >= 4 is 35.0 Å². The van der Waals surface area contributed by atoms with Crippen LogP contribution in [0.3, 0.4) is 0 Å². The molecule has 1 N–H and O–H groups in total. The van der Waals surface area contributed by atoms with E-state index in [-0.39, 0.29) is 0 Å². The van der Waals surface area contributed by atoms with E-state index in [0.717, 1.165) is 28.7 Å². The maximum absolute atomic E-state index is 6.08. The third-order valence-corrected chi connectivity index (χ3v) is 3.83. The molecule has 0 amide bonds. The molecule has 0 spiro atoms. The summed E-state index contributed by atoms with van der Waals surface area (Å²) in [6.07, 6.45) is 5.97. The summed E-state index contributed by atoms with van der Waals surface area (Å²) in [6, 6.07) is 5.58. The molecule has 17 heavy (non-hydrogen) atoms. The van der Waals surface area contributed by atoms with Crippen LogP contribution in [0, 0.1) is 0 Å². The van der Waals surface area contributed by atoms with Crippen molar-refractivity contribution in [2.45, 2.75) is 25.8 Å². The lowest BCUT2D eigenvalue weighted by atomic mass is 10.2. The van der Waals surface area contributed by atoms with Crippen LogP contribution < -0.4 is 5.32 Å².